The Morgan fingerprint density at radius 3 is 2.95 bits per heavy atom. The second-order valence-electron chi connectivity index (χ2n) is 4.66. The number of β-amino-alcohol motifs (C(OH)–C–C–N with tert-alkyl or cyclic N) is 1. The molecule has 1 atom stereocenters. The number of aryl methyl sites for hydroxylation is 1. The largest absolute Gasteiger partial charge is 0.391 e. The van der Waals surface area contributed by atoms with Gasteiger partial charge in [-0.15, -0.1) is 0 Å². The summed E-state index contributed by atoms with van der Waals surface area (Å²) >= 11 is 3.15. The number of likely N-dealkylation sites (tertiary alicyclic amines) is 1. The molecule has 1 aromatic rings. The lowest BCUT2D eigenvalue weighted by Gasteiger charge is -2.30. The van der Waals surface area contributed by atoms with Crippen LogP contribution in [0.2, 0.25) is 0 Å². The number of aromatic nitrogens is 1. The summed E-state index contributed by atoms with van der Waals surface area (Å²) in [6, 6.07) is 1.31. The smallest absolute Gasteiger partial charge is 0.321 e. The number of hydrogen-bond acceptors (Lipinski definition) is 3. The molecule has 19 heavy (non-hydrogen) atoms. The van der Waals surface area contributed by atoms with Gasteiger partial charge in [0.2, 0.25) is 0 Å². The molecule has 1 saturated heterocycles. The summed E-state index contributed by atoms with van der Waals surface area (Å²) in [6.45, 7) is 0.981. The van der Waals surface area contributed by atoms with Gasteiger partial charge >= 0.3 is 6.03 Å². The molecule has 6 nitrogen and oxygen atoms in total. The maximum absolute atomic E-state index is 12.0. The SMILES string of the molecule is Cn1cc(NC(=O)N2CCCC(O)C2)cc(Br)c1=O. The van der Waals surface area contributed by atoms with Gasteiger partial charge in [-0.05, 0) is 34.8 Å². The van der Waals surface area contributed by atoms with Crippen LogP contribution >= 0.6 is 15.9 Å². The monoisotopic (exact) mass is 329 g/mol. The van der Waals surface area contributed by atoms with Crippen LogP contribution in [0.5, 0.6) is 0 Å². The fourth-order valence-electron chi connectivity index (χ4n) is 2.08. The zero-order chi connectivity index (χ0) is 14.0. The van der Waals surface area contributed by atoms with Crippen molar-refractivity contribution < 1.29 is 9.90 Å². The first kappa shape index (κ1) is 14.1. The van der Waals surface area contributed by atoms with Crippen LogP contribution in [0.3, 0.4) is 0 Å². The van der Waals surface area contributed by atoms with Crippen LogP contribution in [0.15, 0.2) is 21.5 Å². The first-order valence-electron chi connectivity index (χ1n) is 6.07. The molecule has 0 aromatic carbocycles. The molecule has 0 aliphatic carbocycles. The van der Waals surface area contributed by atoms with Crippen molar-refractivity contribution in [1.82, 2.24) is 9.47 Å². The van der Waals surface area contributed by atoms with Crippen molar-refractivity contribution in [1.29, 1.82) is 0 Å². The molecule has 0 spiro atoms. The van der Waals surface area contributed by atoms with Gasteiger partial charge in [-0.1, -0.05) is 0 Å². The zero-order valence-corrected chi connectivity index (χ0v) is 12.2. The van der Waals surface area contributed by atoms with E-state index in [0.29, 0.717) is 23.2 Å². The average Bonchev–Trinajstić information content (AvgIpc) is 2.36. The van der Waals surface area contributed by atoms with E-state index in [9.17, 15) is 14.7 Å². The van der Waals surface area contributed by atoms with Crippen molar-refractivity contribution in [3.63, 3.8) is 0 Å². The molecule has 2 heterocycles. The second-order valence-corrected chi connectivity index (χ2v) is 5.52. The molecule has 1 fully saturated rings. The summed E-state index contributed by atoms with van der Waals surface area (Å²) in [6.07, 6.45) is 2.64. The highest BCUT2D eigenvalue weighted by Gasteiger charge is 2.22. The van der Waals surface area contributed by atoms with Gasteiger partial charge in [-0.2, -0.15) is 0 Å². The topological polar surface area (TPSA) is 74.6 Å². The van der Waals surface area contributed by atoms with Gasteiger partial charge in [0, 0.05) is 26.3 Å². The highest BCUT2D eigenvalue weighted by atomic mass is 79.9. The van der Waals surface area contributed by atoms with E-state index in [1.165, 1.54) is 4.57 Å². The summed E-state index contributed by atoms with van der Waals surface area (Å²) in [4.78, 5) is 25.1. The van der Waals surface area contributed by atoms with E-state index in [2.05, 4.69) is 21.2 Å². The van der Waals surface area contributed by atoms with Gasteiger partial charge in [0.15, 0.2) is 0 Å². The lowest BCUT2D eigenvalue weighted by Crippen LogP contribution is -2.44. The van der Waals surface area contributed by atoms with Crippen LogP contribution in [0.25, 0.3) is 0 Å². The van der Waals surface area contributed by atoms with Crippen molar-refractivity contribution in [3.05, 3.63) is 27.1 Å². The number of hydrogen-bond donors (Lipinski definition) is 2. The number of nitrogens with one attached hydrogen (secondary N) is 1. The summed E-state index contributed by atoms with van der Waals surface area (Å²) in [5.41, 5.74) is 0.380. The normalized spacial score (nSPS) is 19.3. The minimum Gasteiger partial charge on any atom is -0.391 e. The molecule has 104 valence electrons. The van der Waals surface area contributed by atoms with E-state index in [0.717, 1.165) is 12.8 Å². The number of nitrogens with zero attached hydrogens (tertiary/aromatic N) is 2. The van der Waals surface area contributed by atoms with Crippen molar-refractivity contribution in [3.8, 4) is 0 Å². The fraction of sp³-hybridized carbons (Fsp3) is 0.500. The number of piperidine rings is 1. The standard InChI is InChI=1S/C12H16BrN3O3/c1-15-6-8(5-10(13)11(15)18)14-12(19)16-4-2-3-9(17)7-16/h5-6,9,17H,2-4,7H2,1H3,(H,14,19). The Kier molecular flexibility index (Phi) is 4.26. The fourth-order valence-corrected chi connectivity index (χ4v) is 2.61. The van der Waals surface area contributed by atoms with E-state index in [1.54, 1.807) is 24.2 Å². The molecular formula is C12H16BrN3O3. The minimum atomic E-state index is -0.452. The molecule has 1 aliphatic rings. The van der Waals surface area contributed by atoms with Crippen LogP contribution in [-0.2, 0) is 7.05 Å². The van der Waals surface area contributed by atoms with Gasteiger partial charge in [0.1, 0.15) is 0 Å². The molecule has 2 rings (SSSR count). The lowest BCUT2D eigenvalue weighted by molar-refractivity contribution is 0.0883. The predicted octanol–water partition coefficient (Wildman–Crippen LogP) is 1.14. The van der Waals surface area contributed by atoms with Crippen LogP contribution in [0.1, 0.15) is 12.8 Å². The number of carbonyl (C=O) groups is 1. The maximum Gasteiger partial charge on any atom is 0.321 e. The highest BCUT2D eigenvalue weighted by molar-refractivity contribution is 9.10. The molecular weight excluding hydrogens is 314 g/mol. The number of carbonyl (C=O) groups excluding carboxylic acids is 1. The Labute approximate surface area is 119 Å². The van der Waals surface area contributed by atoms with E-state index in [4.69, 9.17) is 0 Å². The van der Waals surface area contributed by atoms with E-state index in [1.807, 2.05) is 0 Å². The summed E-state index contributed by atoms with van der Waals surface area (Å²) < 4.78 is 1.79. The summed E-state index contributed by atoms with van der Waals surface area (Å²) in [5, 5.41) is 12.3. The Bertz CT molecular complexity index is 517. The van der Waals surface area contributed by atoms with Crippen molar-refractivity contribution in [2.24, 2.45) is 7.05 Å². The number of aliphatic hydroxyl groups is 1. The first-order valence-corrected chi connectivity index (χ1v) is 6.87. The number of urea groups is 1. The lowest BCUT2D eigenvalue weighted by atomic mass is 10.1. The summed E-state index contributed by atoms with van der Waals surface area (Å²) in [5.74, 6) is 0. The Morgan fingerprint density at radius 2 is 2.32 bits per heavy atom. The highest BCUT2D eigenvalue weighted by Crippen LogP contribution is 2.14. The molecule has 1 unspecified atom stereocenters. The van der Waals surface area contributed by atoms with Crippen molar-refractivity contribution in [2.45, 2.75) is 18.9 Å². The Balaban J connectivity index is 2.08. The van der Waals surface area contributed by atoms with Gasteiger partial charge < -0.3 is 19.9 Å². The van der Waals surface area contributed by atoms with Crippen molar-refractivity contribution >= 4 is 27.6 Å². The van der Waals surface area contributed by atoms with Crippen LogP contribution in [-0.4, -0.2) is 39.8 Å². The third-order valence-corrected chi connectivity index (χ3v) is 3.64. The maximum atomic E-state index is 12.0. The number of halogens is 1. The third-order valence-electron chi connectivity index (χ3n) is 3.07. The van der Waals surface area contributed by atoms with Gasteiger partial charge in [-0.3, -0.25) is 4.79 Å². The number of pyridine rings is 1. The van der Waals surface area contributed by atoms with Crippen LogP contribution in [0, 0.1) is 0 Å². The number of amides is 2. The molecule has 0 radical (unpaired) electrons. The second kappa shape index (κ2) is 5.75. The van der Waals surface area contributed by atoms with Crippen LogP contribution in [0.4, 0.5) is 10.5 Å². The van der Waals surface area contributed by atoms with Crippen LogP contribution < -0.4 is 10.9 Å². The first-order chi connectivity index (χ1) is 8.97. The van der Waals surface area contributed by atoms with Gasteiger partial charge in [0.05, 0.1) is 16.3 Å². The average molecular weight is 330 g/mol. The van der Waals surface area contributed by atoms with E-state index < -0.39 is 6.10 Å². The summed E-state index contributed by atoms with van der Waals surface area (Å²) in [7, 11) is 1.62. The predicted molar refractivity (Wildman–Crippen MR) is 75.2 cm³/mol. The van der Waals surface area contributed by atoms with E-state index >= 15 is 0 Å². The molecule has 2 amide bonds. The Hall–Kier alpha value is -1.34. The zero-order valence-electron chi connectivity index (χ0n) is 10.6. The molecule has 1 aromatic heterocycles. The third kappa shape index (κ3) is 3.36. The molecule has 2 N–H and O–H groups in total. The number of aliphatic hydroxyl groups excluding tert-OH is 1. The van der Waals surface area contributed by atoms with Gasteiger partial charge in [-0.25, -0.2) is 4.79 Å². The molecule has 1 aliphatic heterocycles. The van der Waals surface area contributed by atoms with Crippen molar-refractivity contribution in [2.75, 3.05) is 18.4 Å². The quantitative estimate of drug-likeness (QED) is 0.811. The van der Waals surface area contributed by atoms with Gasteiger partial charge in [0.25, 0.3) is 5.56 Å². The van der Waals surface area contributed by atoms with E-state index in [-0.39, 0.29) is 11.6 Å². The number of rotatable bonds is 1. The molecule has 0 saturated carbocycles. The minimum absolute atomic E-state index is 0.161. The molecule has 0 bridgehead atoms. The molecule has 7 heteroatoms. The Morgan fingerprint density at radius 1 is 1.58 bits per heavy atom. The number of anilines is 1.